The summed E-state index contributed by atoms with van der Waals surface area (Å²) in [7, 11) is 1.92. The molecule has 0 saturated heterocycles. The molecule has 6 heteroatoms. The van der Waals surface area contributed by atoms with Crippen LogP contribution in [-0.2, 0) is 13.5 Å². The molecule has 0 spiro atoms. The van der Waals surface area contributed by atoms with Crippen LogP contribution in [0.1, 0.15) is 35.3 Å². The van der Waals surface area contributed by atoms with Gasteiger partial charge in [0.05, 0.1) is 11.7 Å². The molecule has 18 heavy (non-hydrogen) atoms. The molecule has 0 fully saturated rings. The summed E-state index contributed by atoms with van der Waals surface area (Å²) in [6.07, 6.45) is 1.08. The van der Waals surface area contributed by atoms with Crippen LogP contribution in [0.2, 0.25) is 0 Å². The average Bonchev–Trinajstić information content (AvgIpc) is 2.95. The summed E-state index contributed by atoms with van der Waals surface area (Å²) in [6.45, 7) is 5.19. The Labute approximate surface area is 120 Å². The van der Waals surface area contributed by atoms with Gasteiger partial charge in [0, 0.05) is 16.8 Å². The first kappa shape index (κ1) is 13.7. The van der Waals surface area contributed by atoms with E-state index in [2.05, 4.69) is 57.5 Å². The molecular weight excluding hydrogens is 312 g/mol. The monoisotopic (exact) mass is 328 g/mol. The Morgan fingerprint density at radius 1 is 1.44 bits per heavy atom. The summed E-state index contributed by atoms with van der Waals surface area (Å²) < 4.78 is 2.63. The quantitative estimate of drug-likeness (QED) is 0.917. The molecule has 0 aliphatic heterocycles. The van der Waals surface area contributed by atoms with E-state index in [1.54, 1.807) is 0 Å². The zero-order valence-electron chi connectivity index (χ0n) is 10.8. The summed E-state index contributed by atoms with van der Waals surface area (Å²) in [4.78, 5) is 2.71. The molecule has 2 aromatic rings. The first-order chi connectivity index (χ1) is 8.67. The van der Waals surface area contributed by atoms with Crippen molar-refractivity contribution in [2.45, 2.75) is 26.3 Å². The summed E-state index contributed by atoms with van der Waals surface area (Å²) in [5, 5.41) is 11.6. The highest BCUT2D eigenvalue weighted by molar-refractivity contribution is 9.10. The molecule has 1 N–H and O–H groups in total. The highest BCUT2D eigenvalue weighted by atomic mass is 79.9. The Hall–Kier alpha value is -0.720. The van der Waals surface area contributed by atoms with Crippen LogP contribution in [0.15, 0.2) is 16.7 Å². The van der Waals surface area contributed by atoms with Crippen LogP contribution in [0.5, 0.6) is 0 Å². The van der Waals surface area contributed by atoms with Crippen LogP contribution in [-0.4, -0.2) is 21.5 Å². The average molecular weight is 329 g/mol. The van der Waals surface area contributed by atoms with Crippen LogP contribution < -0.4 is 5.32 Å². The van der Waals surface area contributed by atoms with E-state index in [0.717, 1.165) is 23.3 Å². The lowest BCUT2D eigenvalue weighted by molar-refractivity contribution is 0.573. The topological polar surface area (TPSA) is 42.7 Å². The second-order valence-electron chi connectivity index (χ2n) is 4.04. The Bertz CT molecular complexity index is 500. The minimum Gasteiger partial charge on any atom is -0.305 e. The van der Waals surface area contributed by atoms with Crippen LogP contribution in [0.25, 0.3) is 0 Å². The lowest BCUT2D eigenvalue weighted by Gasteiger charge is -2.16. The van der Waals surface area contributed by atoms with E-state index in [1.807, 2.05) is 23.1 Å². The SMILES string of the molecule is CCNC(c1ccc(CC)s1)c1c(Br)nnn1C. The first-order valence-corrected chi connectivity index (χ1v) is 7.65. The third-order valence-electron chi connectivity index (χ3n) is 2.82. The fourth-order valence-corrected chi connectivity index (χ4v) is 3.51. The number of aryl methyl sites for hydroxylation is 2. The summed E-state index contributed by atoms with van der Waals surface area (Å²) in [5.74, 6) is 0. The van der Waals surface area contributed by atoms with Gasteiger partial charge in [-0.1, -0.05) is 19.1 Å². The van der Waals surface area contributed by atoms with Crippen molar-refractivity contribution in [3.05, 3.63) is 32.2 Å². The van der Waals surface area contributed by atoms with Crippen molar-refractivity contribution in [3.8, 4) is 0 Å². The molecule has 0 aliphatic rings. The number of rotatable bonds is 5. The van der Waals surface area contributed by atoms with Crippen LogP contribution in [0.3, 0.4) is 0 Å². The van der Waals surface area contributed by atoms with Crippen molar-refractivity contribution in [1.82, 2.24) is 20.3 Å². The van der Waals surface area contributed by atoms with Gasteiger partial charge in [0.15, 0.2) is 4.60 Å². The van der Waals surface area contributed by atoms with Crippen molar-refractivity contribution in [2.24, 2.45) is 7.05 Å². The third-order valence-corrected chi connectivity index (χ3v) is 4.68. The summed E-state index contributed by atoms with van der Waals surface area (Å²) in [6, 6.07) is 4.54. The van der Waals surface area contributed by atoms with Crippen LogP contribution >= 0.6 is 27.3 Å². The summed E-state index contributed by atoms with van der Waals surface area (Å²) in [5.41, 5.74) is 1.07. The van der Waals surface area contributed by atoms with Gasteiger partial charge in [0.2, 0.25) is 0 Å². The maximum Gasteiger partial charge on any atom is 0.153 e. The number of aromatic nitrogens is 3. The zero-order chi connectivity index (χ0) is 13.1. The molecule has 1 atom stereocenters. The maximum atomic E-state index is 4.07. The maximum absolute atomic E-state index is 4.07. The Balaban J connectivity index is 2.39. The molecule has 0 radical (unpaired) electrons. The molecule has 0 saturated carbocycles. The molecule has 2 aromatic heterocycles. The van der Waals surface area contributed by atoms with Crippen LogP contribution in [0.4, 0.5) is 0 Å². The Morgan fingerprint density at radius 3 is 2.72 bits per heavy atom. The van der Waals surface area contributed by atoms with Gasteiger partial charge in [-0.15, -0.1) is 16.4 Å². The molecule has 0 bridgehead atoms. The van der Waals surface area contributed by atoms with E-state index in [-0.39, 0.29) is 6.04 Å². The minimum absolute atomic E-state index is 0.148. The van der Waals surface area contributed by atoms with Gasteiger partial charge in [-0.2, -0.15) is 0 Å². The summed E-state index contributed by atoms with van der Waals surface area (Å²) >= 11 is 5.32. The Morgan fingerprint density at radius 2 is 2.22 bits per heavy atom. The van der Waals surface area contributed by atoms with Gasteiger partial charge in [-0.05, 0) is 41.0 Å². The van der Waals surface area contributed by atoms with Crippen molar-refractivity contribution >= 4 is 27.3 Å². The molecule has 0 aliphatic carbocycles. The smallest absolute Gasteiger partial charge is 0.153 e. The molecule has 1 unspecified atom stereocenters. The Kier molecular flexibility index (Phi) is 4.53. The third kappa shape index (κ3) is 2.65. The van der Waals surface area contributed by atoms with Crippen molar-refractivity contribution in [1.29, 1.82) is 0 Å². The normalized spacial score (nSPS) is 12.9. The van der Waals surface area contributed by atoms with Crippen molar-refractivity contribution in [2.75, 3.05) is 6.54 Å². The minimum atomic E-state index is 0.148. The highest BCUT2D eigenvalue weighted by Crippen LogP contribution is 2.31. The molecular formula is C12H17BrN4S. The molecule has 0 amide bonds. The van der Waals surface area contributed by atoms with Gasteiger partial charge in [-0.3, -0.25) is 0 Å². The second-order valence-corrected chi connectivity index (χ2v) is 5.99. The number of thiophene rings is 1. The standard InChI is InChI=1S/C12H17BrN4S/c1-4-8-6-7-9(18-8)10(14-5-2)11-12(13)15-16-17(11)3/h6-7,10,14H,4-5H2,1-3H3. The van der Waals surface area contributed by atoms with E-state index in [4.69, 9.17) is 0 Å². The van der Waals surface area contributed by atoms with Gasteiger partial charge < -0.3 is 5.32 Å². The lowest BCUT2D eigenvalue weighted by atomic mass is 10.2. The molecule has 98 valence electrons. The number of hydrogen-bond donors (Lipinski definition) is 1. The zero-order valence-corrected chi connectivity index (χ0v) is 13.2. The van der Waals surface area contributed by atoms with E-state index in [1.165, 1.54) is 9.75 Å². The van der Waals surface area contributed by atoms with E-state index in [9.17, 15) is 0 Å². The number of hydrogen-bond acceptors (Lipinski definition) is 4. The first-order valence-electron chi connectivity index (χ1n) is 6.04. The van der Waals surface area contributed by atoms with Crippen LogP contribution in [0, 0.1) is 0 Å². The molecule has 4 nitrogen and oxygen atoms in total. The predicted octanol–water partition coefficient (Wildman–Crippen LogP) is 2.90. The van der Waals surface area contributed by atoms with E-state index < -0.39 is 0 Å². The van der Waals surface area contributed by atoms with E-state index in [0.29, 0.717) is 0 Å². The highest BCUT2D eigenvalue weighted by Gasteiger charge is 2.22. The molecule has 0 aromatic carbocycles. The molecule has 2 rings (SSSR count). The molecule has 2 heterocycles. The van der Waals surface area contributed by atoms with Crippen molar-refractivity contribution < 1.29 is 0 Å². The van der Waals surface area contributed by atoms with Gasteiger partial charge in [0.1, 0.15) is 0 Å². The van der Waals surface area contributed by atoms with E-state index >= 15 is 0 Å². The van der Waals surface area contributed by atoms with Crippen molar-refractivity contribution in [3.63, 3.8) is 0 Å². The number of nitrogens with one attached hydrogen (secondary N) is 1. The largest absolute Gasteiger partial charge is 0.305 e. The lowest BCUT2D eigenvalue weighted by Crippen LogP contribution is -2.23. The van der Waals surface area contributed by atoms with Gasteiger partial charge in [-0.25, -0.2) is 4.68 Å². The number of halogens is 1. The van der Waals surface area contributed by atoms with Gasteiger partial charge >= 0.3 is 0 Å². The fraction of sp³-hybridized carbons (Fsp3) is 0.500. The predicted molar refractivity (Wildman–Crippen MR) is 77.9 cm³/mol. The van der Waals surface area contributed by atoms with Gasteiger partial charge in [0.25, 0.3) is 0 Å². The number of nitrogens with zero attached hydrogens (tertiary/aromatic N) is 3. The fourth-order valence-electron chi connectivity index (χ4n) is 1.92. The second kappa shape index (κ2) is 5.95.